The molecule has 0 aliphatic carbocycles. The number of nitrogens with two attached hydrogens (primary N) is 1. The normalized spacial score (nSPS) is 11.7. The van der Waals surface area contributed by atoms with Gasteiger partial charge in [0.05, 0.1) is 4.90 Å². The third kappa shape index (κ3) is 3.49. The first-order valence-electron chi connectivity index (χ1n) is 5.36. The van der Waals surface area contributed by atoms with Crippen molar-refractivity contribution in [2.45, 2.75) is 11.3 Å². The number of benzene rings is 1. The summed E-state index contributed by atoms with van der Waals surface area (Å²) in [7, 11) is -2.09. The van der Waals surface area contributed by atoms with Crippen LogP contribution >= 0.6 is 12.2 Å². The van der Waals surface area contributed by atoms with Crippen LogP contribution in [0, 0.1) is 0 Å². The van der Waals surface area contributed by atoms with Gasteiger partial charge in [-0.1, -0.05) is 24.4 Å². The van der Waals surface area contributed by atoms with Crippen molar-refractivity contribution in [3.05, 3.63) is 29.8 Å². The summed E-state index contributed by atoms with van der Waals surface area (Å²) in [5.41, 5.74) is 5.99. The number of aliphatic hydroxyl groups is 1. The molecular weight excluding hydrogens is 272 g/mol. The third-order valence-electron chi connectivity index (χ3n) is 2.46. The van der Waals surface area contributed by atoms with Gasteiger partial charge in [0.25, 0.3) is 0 Å². The van der Waals surface area contributed by atoms with Crippen molar-refractivity contribution in [2.24, 2.45) is 5.73 Å². The minimum Gasteiger partial charge on any atom is -0.396 e. The van der Waals surface area contributed by atoms with Crippen LogP contribution in [0.15, 0.2) is 29.2 Å². The molecule has 100 valence electrons. The first kappa shape index (κ1) is 15.0. The number of sulfonamides is 1. The molecule has 7 heteroatoms. The molecule has 0 aliphatic rings. The number of nitrogens with zero attached hydrogens (tertiary/aromatic N) is 1. The van der Waals surface area contributed by atoms with Gasteiger partial charge in [0.2, 0.25) is 10.0 Å². The quantitative estimate of drug-likeness (QED) is 0.737. The van der Waals surface area contributed by atoms with Crippen molar-refractivity contribution >= 4 is 27.2 Å². The van der Waals surface area contributed by atoms with Gasteiger partial charge >= 0.3 is 0 Å². The average Bonchev–Trinajstić information content (AvgIpc) is 2.35. The summed E-state index contributed by atoms with van der Waals surface area (Å²) in [5, 5.41) is 8.71. The molecule has 0 atom stereocenters. The number of hydrogen-bond donors (Lipinski definition) is 2. The van der Waals surface area contributed by atoms with Crippen molar-refractivity contribution in [1.29, 1.82) is 0 Å². The van der Waals surface area contributed by atoms with E-state index in [2.05, 4.69) is 0 Å². The first-order valence-corrected chi connectivity index (χ1v) is 7.21. The molecule has 3 N–H and O–H groups in total. The molecule has 1 aromatic carbocycles. The van der Waals surface area contributed by atoms with E-state index in [0.29, 0.717) is 12.0 Å². The Kier molecular flexibility index (Phi) is 5.21. The molecule has 0 radical (unpaired) electrons. The fourth-order valence-electron chi connectivity index (χ4n) is 1.40. The van der Waals surface area contributed by atoms with Crippen molar-refractivity contribution in [1.82, 2.24) is 4.31 Å². The Morgan fingerprint density at radius 1 is 1.50 bits per heavy atom. The van der Waals surface area contributed by atoms with E-state index in [1.54, 1.807) is 12.1 Å². The van der Waals surface area contributed by atoms with Gasteiger partial charge in [-0.2, -0.15) is 0 Å². The summed E-state index contributed by atoms with van der Waals surface area (Å²) in [5.74, 6) is 0. The topological polar surface area (TPSA) is 83.6 Å². The fourth-order valence-corrected chi connectivity index (χ4v) is 2.79. The van der Waals surface area contributed by atoms with Crippen LogP contribution < -0.4 is 5.73 Å². The zero-order chi connectivity index (χ0) is 13.8. The summed E-state index contributed by atoms with van der Waals surface area (Å²) in [4.78, 5) is 0.304. The lowest BCUT2D eigenvalue weighted by atomic mass is 10.2. The number of hydrogen-bond acceptors (Lipinski definition) is 4. The predicted molar refractivity (Wildman–Crippen MR) is 73.8 cm³/mol. The molecule has 0 saturated carbocycles. The van der Waals surface area contributed by atoms with Gasteiger partial charge in [0, 0.05) is 25.8 Å². The molecule has 0 spiro atoms. The monoisotopic (exact) mass is 288 g/mol. The van der Waals surface area contributed by atoms with Crippen LogP contribution in [0.25, 0.3) is 0 Å². The van der Waals surface area contributed by atoms with E-state index in [1.165, 1.54) is 23.5 Å². The zero-order valence-electron chi connectivity index (χ0n) is 10.0. The minimum atomic E-state index is -3.56. The number of rotatable bonds is 6. The van der Waals surface area contributed by atoms with Gasteiger partial charge in [-0.15, -0.1) is 0 Å². The van der Waals surface area contributed by atoms with Crippen molar-refractivity contribution in [3.8, 4) is 0 Å². The van der Waals surface area contributed by atoms with Crippen molar-refractivity contribution in [3.63, 3.8) is 0 Å². The molecule has 0 fully saturated rings. The summed E-state index contributed by atoms with van der Waals surface area (Å²) >= 11 is 4.82. The Hall–Kier alpha value is -1.02. The molecule has 0 saturated heterocycles. The summed E-state index contributed by atoms with van der Waals surface area (Å²) in [6, 6.07) is 6.20. The van der Waals surface area contributed by atoms with Gasteiger partial charge in [0.1, 0.15) is 4.99 Å². The van der Waals surface area contributed by atoms with E-state index >= 15 is 0 Å². The second kappa shape index (κ2) is 6.24. The van der Waals surface area contributed by atoms with E-state index in [-0.39, 0.29) is 23.0 Å². The number of aliphatic hydroxyl groups excluding tert-OH is 1. The lowest BCUT2D eigenvalue weighted by molar-refractivity contribution is 0.275. The SMILES string of the molecule is CN(CCCO)S(=O)(=O)c1cccc(C(N)=S)c1. The molecule has 5 nitrogen and oxygen atoms in total. The van der Waals surface area contributed by atoms with Crippen LogP contribution in [0.1, 0.15) is 12.0 Å². The molecule has 1 rings (SSSR count). The fraction of sp³-hybridized carbons (Fsp3) is 0.364. The highest BCUT2D eigenvalue weighted by molar-refractivity contribution is 7.89. The highest BCUT2D eigenvalue weighted by Crippen LogP contribution is 2.16. The Labute approximate surface area is 112 Å². The molecule has 1 aromatic rings. The Bertz CT molecular complexity index is 529. The van der Waals surface area contributed by atoms with E-state index in [9.17, 15) is 8.42 Å². The minimum absolute atomic E-state index is 0.0488. The Balaban J connectivity index is 3.04. The maximum Gasteiger partial charge on any atom is 0.242 e. The van der Waals surface area contributed by atoms with Crippen LogP contribution in [0.4, 0.5) is 0 Å². The van der Waals surface area contributed by atoms with Crippen LogP contribution in [0.3, 0.4) is 0 Å². The summed E-state index contributed by atoms with van der Waals surface area (Å²) in [6.45, 7) is 0.211. The maximum atomic E-state index is 12.2. The van der Waals surface area contributed by atoms with Crippen LogP contribution in [0.2, 0.25) is 0 Å². The highest BCUT2D eigenvalue weighted by Gasteiger charge is 2.20. The van der Waals surface area contributed by atoms with Crippen LogP contribution in [-0.2, 0) is 10.0 Å². The zero-order valence-corrected chi connectivity index (χ0v) is 11.7. The molecule has 18 heavy (non-hydrogen) atoms. The van der Waals surface area contributed by atoms with E-state index < -0.39 is 10.0 Å². The Morgan fingerprint density at radius 3 is 2.72 bits per heavy atom. The van der Waals surface area contributed by atoms with E-state index in [0.717, 1.165) is 0 Å². The average molecular weight is 288 g/mol. The van der Waals surface area contributed by atoms with Crippen LogP contribution in [-0.4, -0.2) is 43.0 Å². The highest BCUT2D eigenvalue weighted by atomic mass is 32.2. The molecule has 0 bridgehead atoms. The molecular formula is C11H16N2O3S2. The predicted octanol–water partition coefficient (Wildman–Crippen LogP) is 0.324. The second-order valence-electron chi connectivity index (χ2n) is 3.80. The van der Waals surface area contributed by atoms with Gasteiger partial charge < -0.3 is 10.8 Å². The lowest BCUT2D eigenvalue weighted by Crippen LogP contribution is -2.28. The van der Waals surface area contributed by atoms with Gasteiger partial charge in [-0.05, 0) is 18.6 Å². The number of thiocarbonyl (C=S) groups is 1. The summed E-state index contributed by atoms with van der Waals surface area (Å²) < 4.78 is 25.5. The standard InChI is InChI=1S/C11H16N2O3S2/c1-13(6-3-7-14)18(15,16)10-5-2-4-9(8-10)11(12)17/h2,4-5,8,14H,3,6-7H2,1H3,(H2,12,17). The maximum absolute atomic E-state index is 12.2. The van der Waals surface area contributed by atoms with Crippen LogP contribution in [0.5, 0.6) is 0 Å². The van der Waals surface area contributed by atoms with Gasteiger partial charge in [-0.25, -0.2) is 12.7 Å². The summed E-state index contributed by atoms with van der Waals surface area (Å²) in [6.07, 6.45) is 0.394. The first-order chi connectivity index (χ1) is 8.39. The van der Waals surface area contributed by atoms with Gasteiger partial charge in [0.15, 0.2) is 0 Å². The third-order valence-corrected chi connectivity index (χ3v) is 4.55. The molecule has 0 heterocycles. The van der Waals surface area contributed by atoms with Crippen molar-refractivity contribution < 1.29 is 13.5 Å². The van der Waals surface area contributed by atoms with E-state index in [4.69, 9.17) is 23.1 Å². The van der Waals surface area contributed by atoms with Gasteiger partial charge in [-0.3, -0.25) is 0 Å². The molecule has 0 aromatic heterocycles. The second-order valence-corrected chi connectivity index (χ2v) is 6.28. The van der Waals surface area contributed by atoms with E-state index in [1.807, 2.05) is 0 Å². The largest absolute Gasteiger partial charge is 0.396 e. The smallest absolute Gasteiger partial charge is 0.242 e. The Morgan fingerprint density at radius 2 is 2.17 bits per heavy atom. The lowest BCUT2D eigenvalue weighted by Gasteiger charge is -2.17. The van der Waals surface area contributed by atoms with Crippen molar-refractivity contribution in [2.75, 3.05) is 20.2 Å². The molecule has 0 unspecified atom stereocenters. The molecule has 0 amide bonds. The molecule has 0 aliphatic heterocycles.